The number of benzene rings is 1. The van der Waals surface area contributed by atoms with Crippen molar-refractivity contribution < 1.29 is 13.9 Å². The molecule has 1 aromatic heterocycles. The van der Waals surface area contributed by atoms with Crippen LogP contribution in [0.5, 0.6) is 0 Å². The summed E-state index contributed by atoms with van der Waals surface area (Å²) < 4.78 is 20.2. The van der Waals surface area contributed by atoms with Gasteiger partial charge in [-0.15, -0.1) is 0 Å². The van der Waals surface area contributed by atoms with Gasteiger partial charge in [0.05, 0.1) is 17.0 Å². The molecule has 2 rings (SSSR count). The van der Waals surface area contributed by atoms with Crippen molar-refractivity contribution in [3.8, 4) is 0 Å². The van der Waals surface area contributed by atoms with Gasteiger partial charge in [0.1, 0.15) is 12.4 Å². The van der Waals surface area contributed by atoms with Crippen molar-refractivity contribution in [2.45, 2.75) is 20.0 Å². The molecular weight excluding hydrogens is 261 g/mol. The average molecular weight is 277 g/mol. The first kappa shape index (κ1) is 14.0. The first-order valence-electron chi connectivity index (χ1n) is 6.25. The molecule has 5 nitrogen and oxygen atoms in total. The van der Waals surface area contributed by atoms with Crippen LogP contribution in [0.2, 0.25) is 0 Å². The zero-order valence-electron chi connectivity index (χ0n) is 11.4. The van der Waals surface area contributed by atoms with Crippen LogP contribution in [0.25, 0.3) is 0 Å². The summed E-state index contributed by atoms with van der Waals surface area (Å²) >= 11 is 0. The molecule has 0 atom stereocenters. The minimum absolute atomic E-state index is 0.0383. The van der Waals surface area contributed by atoms with Gasteiger partial charge in [-0.3, -0.25) is 4.68 Å². The molecule has 2 aromatic rings. The van der Waals surface area contributed by atoms with Gasteiger partial charge in [0.2, 0.25) is 0 Å². The third kappa shape index (κ3) is 2.96. The molecule has 20 heavy (non-hydrogen) atoms. The highest BCUT2D eigenvalue weighted by molar-refractivity contribution is 5.90. The van der Waals surface area contributed by atoms with E-state index in [1.807, 2.05) is 13.0 Å². The van der Waals surface area contributed by atoms with Crippen LogP contribution in [-0.2, 0) is 24.8 Å². The number of ether oxygens (including phenoxy) is 1. The van der Waals surface area contributed by atoms with Gasteiger partial charge in [-0.25, -0.2) is 9.18 Å². The second kappa shape index (κ2) is 5.73. The molecule has 2 N–H and O–H groups in total. The second-order valence-electron chi connectivity index (χ2n) is 4.42. The number of carbonyl (C=O) groups is 1. The van der Waals surface area contributed by atoms with E-state index in [1.165, 1.54) is 12.1 Å². The number of esters is 1. The summed E-state index contributed by atoms with van der Waals surface area (Å²) in [5, 5.41) is 4.24. The van der Waals surface area contributed by atoms with Crippen LogP contribution >= 0.6 is 0 Å². The predicted octanol–water partition coefficient (Wildman–Crippen LogP) is 2.06. The molecule has 0 aliphatic rings. The molecule has 106 valence electrons. The molecule has 0 saturated carbocycles. The third-order valence-corrected chi connectivity index (χ3v) is 2.95. The standard InChI is InChI=1S/C14H16FN3O2/c1-3-10-7-11(18(2)17-10)8-20-14(19)12-6-9(16)4-5-13(12)15/h4-7H,3,8,16H2,1-2H3. The van der Waals surface area contributed by atoms with Crippen molar-refractivity contribution in [3.63, 3.8) is 0 Å². The molecule has 0 aliphatic carbocycles. The molecule has 0 aliphatic heterocycles. The maximum atomic E-state index is 13.5. The maximum Gasteiger partial charge on any atom is 0.341 e. The Balaban J connectivity index is 2.08. The highest BCUT2D eigenvalue weighted by atomic mass is 19.1. The molecule has 0 bridgehead atoms. The molecule has 0 fully saturated rings. The first-order chi connectivity index (χ1) is 9.51. The van der Waals surface area contributed by atoms with Crippen LogP contribution in [0, 0.1) is 5.82 Å². The number of nitrogens with two attached hydrogens (primary N) is 1. The van der Waals surface area contributed by atoms with Crippen molar-refractivity contribution in [1.29, 1.82) is 0 Å². The fraction of sp³-hybridized carbons (Fsp3) is 0.286. The number of rotatable bonds is 4. The van der Waals surface area contributed by atoms with Crippen molar-refractivity contribution in [2.75, 3.05) is 5.73 Å². The summed E-state index contributed by atoms with van der Waals surface area (Å²) in [6.07, 6.45) is 0.797. The summed E-state index contributed by atoms with van der Waals surface area (Å²) in [4.78, 5) is 11.8. The second-order valence-corrected chi connectivity index (χ2v) is 4.42. The lowest BCUT2D eigenvalue weighted by Gasteiger charge is -2.06. The van der Waals surface area contributed by atoms with E-state index in [2.05, 4.69) is 5.10 Å². The molecule has 6 heteroatoms. The van der Waals surface area contributed by atoms with E-state index < -0.39 is 11.8 Å². The fourth-order valence-electron chi connectivity index (χ4n) is 1.80. The molecule has 0 spiro atoms. The van der Waals surface area contributed by atoms with Crippen LogP contribution in [0.3, 0.4) is 0 Å². The number of nitrogens with zero attached hydrogens (tertiary/aromatic N) is 2. The van der Waals surface area contributed by atoms with Crippen molar-refractivity contribution in [3.05, 3.63) is 47.0 Å². The van der Waals surface area contributed by atoms with Gasteiger partial charge in [-0.2, -0.15) is 5.10 Å². The number of aromatic nitrogens is 2. The topological polar surface area (TPSA) is 70.1 Å². The lowest BCUT2D eigenvalue weighted by atomic mass is 10.2. The molecule has 0 radical (unpaired) electrons. The minimum atomic E-state index is -0.742. The summed E-state index contributed by atoms with van der Waals surface area (Å²) in [6, 6.07) is 5.65. The molecule has 0 amide bonds. The number of hydrogen-bond donors (Lipinski definition) is 1. The Hall–Kier alpha value is -2.37. The summed E-state index contributed by atoms with van der Waals surface area (Å²) in [7, 11) is 1.77. The number of halogens is 1. The van der Waals surface area contributed by atoms with E-state index in [9.17, 15) is 9.18 Å². The normalized spacial score (nSPS) is 10.6. The fourth-order valence-corrected chi connectivity index (χ4v) is 1.80. The number of hydrogen-bond acceptors (Lipinski definition) is 4. The van der Waals surface area contributed by atoms with Gasteiger partial charge in [0, 0.05) is 12.7 Å². The van der Waals surface area contributed by atoms with Gasteiger partial charge >= 0.3 is 5.97 Å². The van der Waals surface area contributed by atoms with E-state index in [4.69, 9.17) is 10.5 Å². The Morgan fingerprint density at radius 2 is 2.20 bits per heavy atom. The number of aryl methyl sites for hydroxylation is 2. The van der Waals surface area contributed by atoms with Crippen molar-refractivity contribution in [2.24, 2.45) is 7.05 Å². The molecule has 0 unspecified atom stereocenters. The van der Waals surface area contributed by atoms with Crippen LogP contribution in [0.15, 0.2) is 24.3 Å². The molecule has 1 aromatic carbocycles. The van der Waals surface area contributed by atoms with Crippen LogP contribution < -0.4 is 5.73 Å². The molecule has 0 saturated heterocycles. The van der Waals surface area contributed by atoms with Crippen LogP contribution in [-0.4, -0.2) is 15.7 Å². The Morgan fingerprint density at radius 1 is 1.45 bits per heavy atom. The molecule has 1 heterocycles. The third-order valence-electron chi connectivity index (χ3n) is 2.95. The molecular formula is C14H16FN3O2. The Labute approximate surface area is 116 Å². The lowest BCUT2D eigenvalue weighted by Crippen LogP contribution is -2.10. The number of anilines is 1. The Kier molecular flexibility index (Phi) is 4.02. The monoisotopic (exact) mass is 277 g/mol. The number of carbonyl (C=O) groups excluding carboxylic acids is 1. The average Bonchev–Trinajstić information content (AvgIpc) is 2.79. The zero-order chi connectivity index (χ0) is 14.7. The van der Waals surface area contributed by atoms with Gasteiger partial charge in [-0.05, 0) is 30.7 Å². The highest BCUT2D eigenvalue weighted by Crippen LogP contribution is 2.14. The number of nitrogen functional groups attached to an aromatic ring is 1. The van der Waals surface area contributed by atoms with E-state index in [0.717, 1.165) is 23.9 Å². The summed E-state index contributed by atoms with van der Waals surface area (Å²) in [5.41, 5.74) is 7.34. The predicted molar refractivity (Wildman–Crippen MR) is 72.5 cm³/mol. The Bertz CT molecular complexity index is 637. The zero-order valence-corrected chi connectivity index (χ0v) is 11.4. The maximum absolute atomic E-state index is 13.5. The van der Waals surface area contributed by atoms with E-state index >= 15 is 0 Å². The summed E-state index contributed by atoms with van der Waals surface area (Å²) in [6.45, 7) is 2.02. The quantitative estimate of drug-likeness (QED) is 0.686. The van der Waals surface area contributed by atoms with Gasteiger partial charge in [0.15, 0.2) is 0 Å². The highest BCUT2D eigenvalue weighted by Gasteiger charge is 2.14. The SMILES string of the molecule is CCc1cc(COC(=O)c2cc(N)ccc2F)n(C)n1. The van der Waals surface area contributed by atoms with Gasteiger partial charge in [-0.1, -0.05) is 6.92 Å². The summed E-state index contributed by atoms with van der Waals surface area (Å²) in [5.74, 6) is -1.39. The van der Waals surface area contributed by atoms with E-state index in [1.54, 1.807) is 11.7 Å². The van der Waals surface area contributed by atoms with Crippen molar-refractivity contribution >= 4 is 11.7 Å². The van der Waals surface area contributed by atoms with Crippen LogP contribution in [0.4, 0.5) is 10.1 Å². The smallest absolute Gasteiger partial charge is 0.341 e. The lowest BCUT2D eigenvalue weighted by molar-refractivity contribution is 0.0458. The van der Waals surface area contributed by atoms with Crippen LogP contribution in [0.1, 0.15) is 28.7 Å². The first-order valence-corrected chi connectivity index (χ1v) is 6.25. The van der Waals surface area contributed by atoms with E-state index in [0.29, 0.717) is 5.69 Å². The van der Waals surface area contributed by atoms with Gasteiger partial charge < -0.3 is 10.5 Å². The van der Waals surface area contributed by atoms with E-state index in [-0.39, 0.29) is 12.2 Å². The Morgan fingerprint density at radius 3 is 2.85 bits per heavy atom. The van der Waals surface area contributed by atoms with Crippen molar-refractivity contribution in [1.82, 2.24) is 9.78 Å². The minimum Gasteiger partial charge on any atom is -0.456 e. The largest absolute Gasteiger partial charge is 0.456 e. The van der Waals surface area contributed by atoms with Gasteiger partial charge in [0.25, 0.3) is 0 Å².